The summed E-state index contributed by atoms with van der Waals surface area (Å²) < 4.78 is 11.2. The Labute approximate surface area is 165 Å². The highest BCUT2D eigenvalue weighted by molar-refractivity contribution is 5.43. The summed E-state index contributed by atoms with van der Waals surface area (Å²) in [6, 6.07) is 6.34. The molecule has 0 aromatic heterocycles. The van der Waals surface area contributed by atoms with E-state index in [4.69, 9.17) is 9.47 Å². The minimum Gasteiger partial charge on any atom is -0.493 e. The number of hydrogen-bond donors (Lipinski definition) is 2. The lowest BCUT2D eigenvalue weighted by atomic mass is 10.2. The molecule has 6 heteroatoms. The molecule has 1 aromatic carbocycles. The van der Waals surface area contributed by atoms with Crippen molar-refractivity contribution in [3.8, 4) is 11.5 Å². The van der Waals surface area contributed by atoms with Gasteiger partial charge in [0, 0.05) is 32.2 Å². The molecule has 0 aliphatic heterocycles. The normalized spacial score (nSPS) is 12.8. The Balaban J connectivity index is 2.49. The molecule has 27 heavy (non-hydrogen) atoms. The number of aliphatic hydroxyl groups is 1. The van der Waals surface area contributed by atoms with Crippen molar-refractivity contribution in [1.82, 2.24) is 15.1 Å². The fourth-order valence-electron chi connectivity index (χ4n) is 2.73. The first-order valence-corrected chi connectivity index (χ1v) is 10.0. The quantitative estimate of drug-likeness (QED) is 0.482. The van der Waals surface area contributed by atoms with E-state index >= 15 is 0 Å². The second-order valence-corrected chi connectivity index (χ2v) is 7.19. The number of nitrogens with one attached hydrogen (secondary N) is 1. The van der Waals surface area contributed by atoms with Crippen molar-refractivity contribution in [2.24, 2.45) is 0 Å². The molecule has 0 amide bonds. The van der Waals surface area contributed by atoms with Crippen molar-refractivity contribution >= 4 is 0 Å². The van der Waals surface area contributed by atoms with Crippen LogP contribution in [0.5, 0.6) is 11.5 Å². The van der Waals surface area contributed by atoms with Crippen LogP contribution in [-0.2, 0) is 6.54 Å². The molecule has 0 heterocycles. The van der Waals surface area contributed by atoms with E-state index < -0.39 is 6.10 Å². The van der Waals surface area contributed by atoms with E-state index in [1.165, 1.54) is 0 Å². The van der Waals surface area contributed by atoms with Gasteiger partial charge in [-0.1, -0.05) is 19.9 Å². The van der Waals surface area contributed by atoms with Gasteiger partial charge in [0.05, 0.1) is 7.11 Å². The predicted molar refractivity (Wildman–Crippen MR) is 112 cm³/mol. The molecule has 1 rings (SSSR count). The van der Waals surface area contributed by atoms with Crippen LogP contribution < -0.4 is 14.8 Å². The monoisotopic (exact) mass is 381 g/mol. The van der Waals surface area contributed by atoms with Gasteiger partial charge in [0.1, 0.15) is 12.7 Å². The molecular formula is C21H39N3O3. The number of benzene rings is 1. The van der Waals surface area contributed by atoms with Crippen LogP contribution >= 0.6 is 0 Å². The van der Waals surface area contributed by atoms with Gasteiger partial charge in [0.15, 0.2) is 11.5 Å². The summed E-state index contributed by atoms with van der Waals surface area (Å²) in [6.45, 7) is 14.4. The van der Waals surface area contributed by atoms with E-state index in [9.17, 15) is 5.11 Å². The summed E-state index contributed by atoms with van der Waals surface area (Å²) >= 11 is 0. The summed E-state index contributed by atoms with van der Waals surface area (Å²) in [5, 5.41) is 13.6. The van der Waals surface area contributed by atoms with Crippen LogP contribution in [0.3, 0.4) is 0 Å². The van der Waals surface area contributed by atoms with Gasteiger partial charge >= 0.3 is 0 Å². The molecule has 0 radical (unpaired) electrons. The standard InChI is InChI=1S/C21H39N3O3/c1-7-24(8-2)12-11-22-14-18-9-10-20(21(13-18)26-6)27-16-19(25)15-23(5)17(3)4/h9-10,13,17,19,22,25H,7-8,11-12,14-16H2,1-6H3/t19-/m1/s1. The molecular weight excluding hydrogens is 342 g/mol. The van der Waals surface area contributed by atoms with Gasteiger partial charge in [-0.25, -0.2) is 0 Å². The Morgan fingerprint density at radius 1 is 1.15 bits per heavy atom. The van der Waals surface area contributed by atoms with Crippen molar-refractivity contribution in [3.05, 3.63) is 23.8 Å². The van der Waals surface area contributed by atoms with Crippen molar-refractivity contribution in [1.29, 1.82) is 0 Å². The lowest BCUT2D eigenvalue weighted by Crippen LogP contribution is -2.36. The number of hydrogen-bond acceptors (Lipinski definition) is 6. The van der Waals surface area contributed by atoms with Gasteiger partial charge < -0.3 is 29.7 Å². The second kappa shape index (κ2) is 12.9. The average Bonchev–Trinajstić information content (AvgIpc) is 2.66. The van der Waals surface area contributed by atoms with Crippen LogP contribution in [0.25, 0.3) is 0 Å². The van der Waals surface area contributed by atoms with Crippen LogP contribution in [0, 0.1) is 0 Å². The van der Waals surface area contributed by atoms with Crippen molar-refractivity contribution in [3.63, 3.8) is 0 Å². The summed E-state index contributed by atoms with van der Waals surface area (Å²) in [5.74, 6) is 1.36. The number of rotatable bonds is 14. The number of aliphatic hydroxyl groups excluding tert-OH is 1. The van der Waals surface area contributed by atoms with Crippen LogP contribution in [-0.4, -0.2) is 80.5 Å². The van der Waals surface area contributed by atoms with E-state index in [0.717, 1.165) is 38.3 Å². The zero-order valence-electron chi connectivity index (χ0n) is 18.0. The van der Waals surface area contributed by atoms with E-state index in [1.54, 1.807) is 7.11 Å². The zero-order chi connectivity index (χ0) is 20.2. The molecule has 2 N–H and O–H groups in total. The molecule has 1 aromatic rings. The first kappa shape index (κ1) is 23.7. The Morgan fingerprint density at radius 2 is 1.85 bits per heavy atom. The molecule has 1 atom stereocenters. The average molecular weight is 382 g/mol. The molecule has 0 spiro atoms. The first-order chi connectivity index (χ1) is 12.9. The summed E-state index contributed by atoms with van der Waals surface area (Å²) in [5.41, 5.74) is 1.15. The minimum absolute atomic E-state index is 0.245. The fourth-order valence-corrected chi connectivity index (χ4v) is 2.73. The van der Waals surface area contributed by atoms with E-state index in [2.05, 4.69) is 42.8 Å². The Morgan fingerprint density at radius 3 is 2.44 bits per heavy atom. The van der Waals surface area contributed by atoms with Crippen LogP contribution in [0.2, 0.25) is 0 Å². The maximum Gasteiger partial charge on any atom is 0.161 e. The van der Waals surface area contributed by atoms with E-state index in [1.807, 2.05) is 25.2 Å². The minimum atomic E-state index is -0.538. The predicted octanol–water partition coefficient (Wildman–Crippen LogP) is 2.21. The molecule has 0 saturated carbocycles. The number of nitrogens with zero attached hydrogens (tertiary/aromatic N) is 2. The third kappa shape index (κ3) is 8.93. The molecule has 0 unspecified atom stereocenters. The highest BCUT2D eigenvalue weighted by Gasteiger charge is 2.13. The van der Waals surface area contributed by atoms with Gasteiger partial charge in [-0.3, -0.25) is 0 Å². The van der Waals surface area contributed by atoms with Gasteiger partial charge in [-0.15, -0.1) is 0 Å². The van der Waals surface area contributed by atoms with Gasteiger partial charge in [-0.2, -0.15) is 0 Å². The molecule has 6 nitrogen and oxygen atoms in total. The van der Waals surface area contributed by atoms with Gasteiger partial charge in [0.25, 0.3) is 0 Å². The second-order valence-electron chi connectivity index (χ2n) is 7.19. The van der Waals surface area contributed by atoms with E-state index in [0.29, 0.717) is 24.1 Å². The number of methoxy groups -OCH3 is 1. The third-order valence-electron chi connectivity index (χ3n) is 4.87. The Bertz CT molecular complexity index is 521. The molecule has 0 aliphatic carbocycles. The van der Waals surface area contributed by atoms with Crippen molar-refractivity contribution in [2.75, 3.05) is 53.5 Å². The molecule has 0 saturated heterocycles. The highest BCUT2D eigenvalue weighted by Crippen LogP contribution is 2.28. The van der Waals surface area contributed by atoms with Crippen LogP contribution in [0.4, 0.5) is 0 Å². The number of ether oxygens (including phenoxy) is 2. The van der Waals surface area contributed by atoms with Gasteiger partial charge in [-0.05, 0) is 51.7 Å². The van der Waals surface area contributed by atoms with Crippen molar-refractivity contribution < 1.29 is 14.6 Å². The molecule has 0 aliphatic rings. The highest BCUT2D eigenvalue weighted by atomic mass is 16.5. The molecule has 0 bridgehead atoms. The number of likely N-dealkylation sites (N-methyl/N-ethyl adjacent to an activating group) is 2. The third-order valence-corrected chi connectivity index (χ3v) is 4.87. The summed E-state index contributed by atoms with van der Waals surface area (Å²) in [6.07, 6.45) is -0.538. The summed E-state index contributed by atoms with van der Waals surface area (Å²) in [4.78, 5) is 4.49. The smallest absolute Gasteiger partial charge is 0.161 e. The maximum absolute atomic E-state index is 10.2. The summed E-state index contributed by atoms with van der Waals surface area (Å²) in [7, 11) is 3.64. The van der Waals surface area contributed by atoms with Gasteiger partial charge in [0.2, 0.25) is 0 Å². The van der Waals surface area contributed by atoms with Crippen molar-refractivity contribution in [2.45, 2.75) is 46.4 Å². The van der Waals surface area contributed by atoms with Crippen LogP contribution in [0.15, 0.2) is 18.2 Å². The maximum atomic E-state index is 10.2. The van der Waals surface area contributed by atoms with Crippen LogP contribution in [0.1, 0.15) is 33.3 Å². The molecule has 156 valence electrons. The molecule has 0 fully saturated rings. The Kier molecular flexibility index (Phi) is 11.4. The lowest BCUT2D eigenvalue weighted by molar-refractivity contribution is 0.0668. The topological polar surface area (TPSA) is 57.2 Å². The van der Waals surface area contributed by atoms with E-state index in [-0.39, 0.29) is 6.61 Å². The zero-order valence-corrected chi connectivity index (χ0v) is 18.0. The Hall–Kier alpha value is -1.34. The largest absolute Gasteiger partial charge is 0.493 e. The first-order valence-electron chi connectivity index (χ1n) is 10.0. The lowest BCUT2D eigenvalue weighted by Gasteiger charge is -2.24. The SMILES string of the molecule is CCN(CC)CCNCc1ccc(OC[C@H](O)CN(C)C(C)C)c(OC)c1. The fraction of sp³-hybridized carbons (Fsp3) is 0.714.